The summed E-state index contributed by atoms with van der Waals surface area (Å²) >= 11 is 6.54. The first kappa shape index (κ1) is 24.3. The largest absolute Gasteiger partial charge is 0.497 e. The molecule has 1 aliphatic heterocycles. The second-order valence-electron chi connectivity index (χ2n) is 7.10. The average molecular weight is 587 g/mol. The number of carbonyl (C=O) groups excluding carboxylic acids is 1. The lowest BCUT2D eigenvalue weighted by molar-refractivity contribution is 0.248. The molecule has 32 heavy (non-hydrogen) atoms. The molecule has 2 amide bonds. The summed E-state index contributed by atoms with van der Waals surface area (Å²) in [7, 11) is -2.24. The Hall–Kier alpha value is -2.33. The number of likely N-dealkylation sites (tertiary alicyclic amines) is 1. The lowest BCUT2D eigenvalue weighted by Gasteiger charge is -2.18. The van der Waals surface area contributed by atoms with Crippen LogP contribution < -0.4 is 20.1 Å². The number of nitrogens with one attached hydrogen (secondary N) is 3. The summed E-state index contributed by atoms with van der Waals surface area (Å²) in [4.78, 5) is 13.8. The van der Waals surface area contributed by atoms with Crippen LogP contribution in [0.3, 0.4) is 0 Å². The maximum atomic E-state index is 12.8. The maximum absolute atomic E-state index is 12.8. The van der Waals surface area contributed by atoms with Crippen molar-refractivity contribution in [2.45, 2.75) is 23.4 Å². The maximum Gasteiger partial charge on any atom is 0.319 e. The summed E-state index contributed by atoms with van der Waals surface area (Å²) in [6, 6.07) is 10.5. The van der Waals surface area contributed by atoms with Crippen LogP contribution in [-0.4, -0.2) is 51.6 Å². The van der Waals surface area contributed by atoms with Crippen molar-refractivity contribution >= 4 is 53.6 Å². The van der Waals surface area contributed by atoms with Gasteiger partial charge in [0.15, 0.2) is 6.19 Å². The zero-order chi connectivity index (χ0) is 23.3. The van der Waals surface area contributed by atoms with Crippen LogP contribution in [0.4, 0.5) is 10.5 Å². The van der Waals surface area contributed by atoms with Crippen LogP contribution in [-0.2, 0) is 10.0 Å². The number of carbonyl (C=O) groups is 1. The van der Waals surface area contributed by atoms with Gasteiger partial charge >= 0.3 is 6.03 Å². The predicted molar refractivity (Wildman–Crippen MR) is 127 cm³/mol. The number of amides is 2. The molecule has 1 saturated heterocycles. The SMILES string of the molecule is COc1ccc(NC(=O)NC[C@H]2C[C@@H](NS(=O)(=O)c3cc(Br)ccc3Br)CN2C#N)cc1. The molecular formula is C20H21Br2N5O4S. The quantitative estimate of drug-likeness (QED) is 0.428. The first-order valence-electron chi connectivity index (χ1n) is 9.54. The van der Waals surface area contributed by atoms with Crippen molar-refractivity contribution in [1.29, 1.82) is 5.26 Å². The number of nitriles is 1. The molecule has 170 valence electrons. The van der Waals surface area contributed by atoms with Gasteiger partial charge in [0.25, 0.3) is 0 Å². The summed E-state index contributed by atoms with van der Waals surface area (Å²) in [5, 5.41) is 14.9. The smallest absolute Gasteiger partial charge is 0.319 e. The van der Waals surface area contributed by atoms with Gasteiger partial charge < -0.3 is 20.3 Å². The second kappa shape index (κ2) is 10.5. The third-order valence-electron chi connectivity index (χ3n) is 4.89. The van der Waals surface area contributed by atoms with E-state index in [4.69, 9.17) is 4.74 Å². The molecule has 9 nitrogen and oxygen atoms in total. The van der Waals surface area contributed by atoms with Gasteiger partial charge in [-0.1, -0.05) is 15.9 Å². The molecule has 0 aromatic heterocycles. The van der Waals surface area contributed by atoms with E-state index in [9.17, 15) is 18.5 Å². The van der Waals surface area contributed by atoms with E-state index in [1.54, 1.807) is 43.5 Å². The normalized spacial score (nSPS) is 18.1. The van der Waals surface area contributed by atoms with Crippen LogP contribution >= 0.6 is 31.9 Å². The predicted octanol–water partition coefficient (Wildman–Crippen LogP) is 3.24. The first-order chi connectivity index (χ1) is 15.2. The Morgan fingerprint density at radius 2 is 1.97 bits per heavy atom. The number of methoxy groups -OCH3 is 1. The highest BCUT2D eigenvalue weighted by Gasteiger charge is 2.35. The number of anilines is 1. The van der Waals surface area contributed by atoms with Gasteiger partial charge in [-0.3, -0.25) is 0 Å². The number of rotatable bonds is 7. The monoisotopic (exact) mass is 585 g/mol. The molecule has 0 unspecified atom stereocenters. The summed E-state index contributed by atoms with van der Waals surface area (Å²) in [5.74, 6) is 0.676. The van der Waals surface area contributed by atoms with E-state index in [1.165, 1.54) is 11.0 Å². The van der Waals surface area contributed by atoms with Gasteiger partial charge in [0.1, 0.15) is 5.75 Å². The highest BCUT2D eigenvalue weighted by Crippen LogP contribution is 2.27. The molecule has 3 N–H and O–H groups in total. The zero-order valence-electron chi connectivity index (χ0n) is 17.0. The number of sulfonamides is 1. The van der Waals surface area contributed by atoms with Crippen molar-refractivity contribution in [2.24, 2.45) is 0 Å². The Kier molecular flexibility index (Phi) is 8.00. The molecule has 2 atom stereocenters. The molecule has 2 aromatic carbocycles. The molecule has 1 fully saturated rings. The minimum atomic E-state index is -3.80. The fraction of sp³-hybridized carbons (Fsp3) is 0.300. The topological polar surface area (TPSA) is 124 Å². The van der Waals surface area contributed by atoms with E-state index in [-0.39, 0.29) is 24.0 Å². The van der Waals surface area contributed by atoms with E-state index in [0.717, 1.165) is 0 Å². The minimum absolute atomic E-state index is 0.107. The molecule has 12 heteroatoms. The highest BCUT2D eigenvalue weighted by molar-refractivity contribution is 9.11. The van der Waals surface area contributed by atoms with Crippen molar-refractivity contribution < 1.29 is 17.9 Å². The van der Waals surface area contributed by atoms with Crippen LogP contribution in [0.1, 0.15) is 6.42 Å². The van der Waals surface area contributed by atoms with E-state index in [0.29, 0.717) is 26.8 Å². The third kappa shape index (κ3) is 6.13. The standard InChI is InChI=1S/C20H21Br2N5O4S/c1-31-17-5-3-14(4-6-17)25-20(28)24-10-16-9-15(11-27(16)12-23)26-32(29,30)19-8-13(21)2-7-18(19)22/h2-8,15-16,26H,9-11H2,1H3,(H2,24,25,28)/t15-,16-/m1/s1. The Morgan fingerprint density at radius 1 is 1.25 bits per heavy atom. The third-order valence-corrected chi connectivity index (χ3v) is 7.90. The highest BCUT2D eigenvalue weighted by atomic mass is 79.9. The molecule has 1 heterocycles. The van der Waals surface area contributed by atoms with Crippen LogP contribution in [0.15, 0.2) is 56.3 Å². The number of benzene rings is 2. The van der Waals surface area contributed by atoms with Crippen molar-refractivity contribution in [1.82, 2.24) is 14.9 Å². The second-order valence-corrected chi connectivity index (χ2v) is 10.6. The summed E-state index contributed by atoms with van der Waals surface area (Å²) in [6.45, 7) is 0.405. The Bertz CT molecular complexity index is 1120. The lowest BCUT2D eigenvalue weighted by Crippen LogP contribution is -2.39. The van der Waals surface area contributed by atoms with Crippen molar-refractivity contribution in [3.8, 4) is 11.9 Å². The van der Waals surface area contributed by atoms with Gasteiger partial charge in [-0.05, 0) is 64.8 Å². The van der Waals surface area contributed by atoms with Crippen molar-refractivity contribution in [3.63, 3.8) is 0 Å². The fourth-order valence-electron chi connectivity index (χ4n) is 3.34. The van der Waals surface area contributed by atoms with Gasteiger partial charge in [-0.25, -0.2) is 17.9 Å². The molecule has 1 aliphatic rings. The molecule has 0 saturated carbocycles. The number of urea groups is 1. The van der Waals surface area contributed by atoms with E-state index in [1.807, 2.05) is 0 Å². The van der Waals surface area contributed by atoms with E-state index < -0.39 is 22.1 Å². The molecule has 0 bridgehead atoms. The van der Waals surface area contributed by atoms with E-state index in [2.05, 4.69) is 53.4 Å². The van der Waals surface area contributed by atoms with Gasteiger partial charge in [0, 0.05) is 33.8 Å². The number of hydrogen-bond donors (Lipinski definition) is 3. The molecule has 0 radical (unpaired) electrons. The van der Waals surface area contributed by atoms with Gasteiger partial charge in [0.2, 0.25) is 10.0 Å². The Morgan fingerprint density at radius 3 is 2.62 bits per heavy atom. The lowest BCUT2D eigenvalue weighted by atomic mass is 10.2. The summed E-state index contributed by atoms with van der Waals surface area (Å²) in [5.41, 5.74) is 0.595. The Labute approximate surface area is 203 Å². The molecule has 0 aliphatic carbocycles. The number of halogens is 2. The van der Waals surface area contributed by atoms with Crippen LogP contribution in [0.25, 0.3) is 0 Å². The van der Waals surface area contributed by atoms with Crippen molar-refractivity contribution in [2.75, 3.05) is 25.5 Å². The van der Waals surface area contributed by atoms with Crippen LogP contribution in [0, 0.1) is 11.5 Å². The Balaban J connectivity index is 1.57. The van der Waals surface area contributed by atoms with Gasteiger partial charge in [0.05, 0.1) is 18.0 Å². The number of nitrogens with zero attached hydrogens (tertiary/aromatic N) is 2. The molecule has 3 rings (SSSR count). The van der Waals surface area contributed by atoms with Gasteiger partial charge in [-0.15, -0.1) is 0 Å². The summed E-state index contributed by atoms with van der Waals surface area (Å²) in [6.07, 6.45) is 2.45. The molecule has 2 aromatic rings. The number of ether oxygens (including phenoxy) is 1. The van der Waals surface area contributed by atoms with Gasteiger partial charge in [-0.2, -0.15) is 5.26 Å². The molecule has 0 spiro atoms. The summed E-state index contributed by atoms with van der Waals surface area (Å²) < 4.78 is 34.5. The fourth-order valence-corrected chi connectivity index (χ4v) is 6.09. The minimum Gasteiger partial charge on any atom is -0.497 e. The van der Waals surface area contributed by atoms with Crippen LogP contribution in [0.5, 0.6) is 5.75 Å². The first-order valence-corrected chi connectivity index (χ1v) is 12.6. The van der Waals surface area contributed by atoms with Crippen LogP contribution in [0.2, 0.25) is 0 Å². The molecular weight excluding hydrogens is 566 g/mol. The zero-order valence-corrected chi connectivity index (χ0v) is 21.0. The van der Waals surface area contributed by atoms with Crippen molar-refractivity contribution in [3.05, 3.63) is 51.4 Å². The van der Waals surface area contributed by atoms with E-state index >= 15 is 0 Å². The number of hydrogen-bond acceptors (Lipinski definition) is 6. The average Bonchev–Trinajstić information content (AvgIpc) is 3.15.